The molecule has 3 heterocycles. The molecule has 0 radical (unpaired) electrons. The van der Waals surface area contributed by atoms with Crippen LogP contribution in [-0.2, 0) is 19.4 Å². The Labute approximate surface area is 226 Å². The van der Waals surface area contributed by atoms with Crippen LogP contribution in [0.3, 0.4) is 0 Å². The van der Waals surface area contributed by atoms with Gasteiger partial charge >= 0.3 is 6.03 Å². The van der Waals surface area contributed by atoms with Crippen LogP contribution in [-0.4, -0.2) is 28.9 Å². The summed E-state index contributed by atoms with van der Waals surface area (Å²) in [7, 11) is 1.64. The number of aromatic nitrogens is 1. The highest BCUT2D eigenvalue weighted by Crippen LogP contribution is 2.44. The van der Waals surface area contributed by atoms with Crippen molar-refractivity contribution in [2.45, 2.75) is 50.1 Å². The fourth-order valence-electron chi connectivity index (χ4n) is 5.63. The zero-order valence-corrected chi connectivity index (χ0v) is 23.0. The van der Waals surface area contributed by atoms with E-state index in [0.717, 1.165) is 29.7 Å². The van der Waals surface area contributed by atoms with Crippen LogP contribution in [0.1, 0.15) is 51.7 Å². The molecule has 37 heavy (non-hydrogen) atoms. The zero-order valence-electron chi connectivity index (χ0n) is 21.4. The smallest absolute Gasteiger partial charge is 0.323 e. The number of carbonyl (C=O) groups excluding carboxylic acids is 1. The molecule has 1 N–H and O–H groups in total. The Bertz CT molecular complexity index is 1450. The van der Waals surface area contributed by atoms with Crippen LogP contribution in [0.15, 0.2) is 65.7 Å². The first-order valence-corrected chi connectivity index (χ1v) is 14.8. The highest BCUT2D eigenvalue weighted by atomic mass is 32.2. The lowest BCUT2D eigenvalue weighted by Crippen LogP contribution is -2.38. The van der Waals surface area contributed by atoms with Crippen LogP contribution in [0.25, 0.3) is 5.00 Å². The number of anilines is 1. The molecule has 2 aromatic heterocycles. The summed E-state index contributed by atoms with van der Waals surface area (Å²) in [6.45, 7) is 2.59. The molecule has 0 saturated carbocycles. The normalized spacial score (nSPS) is 16.4. The second-order valence-corrected chi connectivity index (χ2v) is 11.7. The van der Waals surface area contributed by atoms with E-state index in [1.165, 1.54) is 38.7 Å². The molecule has 2 aromatic carbocycles. The van der Waals surface area contributed by atoms with E-state index in [-0.39, 0.29) is 12.1 Å². The lowest BCUT2D eigenvalue weighted by atomic mass is 9.95. The lowest BCUT2D eigenvalue weighted by Gasteiger charge is -2.31. The van der Waals surface area contributed by atoms with Gasteiger partial charge in [-0.05, 0) is 92.0 Å². The molecule has 0 fully saturated rings. The van der Waals surface area contributed by atoms with E-state index in [1.54, 1.807) is 18.9 Å². The molecule has 0 saturated heterocycles. The van der Waals surface area contributed by atoms with Crippen LogP contribution < -0.4 is 10.1 Å². The third kappa shape index (κ3) is 4.34. The number of thioether (sulfide) groups is 1. The molecule has 1 aliphatic carbocycles. The molecule has 190 valence electrons. The van der Waals surface area contributed by atoms with Crippen molar-refractivity contribution in [1.29, 1.82) is 0 Å². The van der Waals surface area contributed by atoms with E-state index >= 15 is 0 Å². The first kappa shape index (κ1) is 24.2. The summed E-state index contributed by atoms with van der Waals surface area (Å²) in [4.78, 5) is 18.9. The summed E-state index contributed by atoms with van der Waals surface area (Å²) < 4.78 is 7.90. The van der Waals surface area contributed by atoms with Gasteiger partial charge < -0.3 is 19.5 Å². The largest absolute Gasteiger partial charge is 0.495 e. The van der Waals surface area contributed by atoms with E-state index in [0.29, 0.717) is 18.0 Å². The topological polar surface area (TPSA) is 46.5 Å². The number of fused-ring (bicyclic) bond motifs is 5. The van der Waals surface area contributed by atoms with Gasteiger partial charge in [0.1, 0.15) is 10.8 Å². The highest BCUT2D eigenvalue weighted by molar-refractivity contribution is 7.98. The van der Waals surface area contributed by atoms with Crippen molar-refractivity contribution in [3.05, 3.63) is 93.6 Å². The fraction of sp³-hybridized carbons (Fsp3) is 0.300. The molecule has 6 rings (SSSR count). The number of methoxy groups -OCH3 is 1. The van der Waals surface area contributed by atoms with Crippen molar-refractivity contribution in [2.24, 2.45) is 0 Å². The number of nitrogens with one attached hydrogen (secondary N) is 1. The number of nitrogens with zero attached hydrogens (tertiary/aromatic N) is 2. The van der Waals surface area contributed by atoms with Gasteiger partial charge in [0, 0.05) is 21.5 Å². The quantitative estimate of drug-likeness (QED) is 0.277. The highest BCUT2D eigenvalue weighted by Gasteiger charge is 2.36. The van der Waals surface area contributed by atoms with Gasteiger partial charge in [-0.3, -0.25) is 0 Å². The van der Waals surface area contributed by atoms with Crippen molar-refractivity contribution in [2.75, 3.05) is 18.7 Å². The fourth-order valence-corrected chi connectivity index (χ4v) is 7.44. The third-order valence-electron chi connectivity index (χ3n) is 7.47. The Morgan fingerprint density at radius 2 is 1.89 bits per heavy atom. The molecule has 0 spiro atoms. The summed E-state index contributed by atoms with van der Waals surface area (Å²) in [6.07, 6.45) is 8.92. The maximum atomic E-state index is 14.2. The number of ether oxygens (including phenoxy) is 1. The molecule has 1 unspecified atom stereocenters. The number of urea groups is 1. The molecule has 1 atom stereocenters. The summed E-state index contributed by atoms with van der Waals surface area (Å²) in [5.41, 5.74) is 6.73. The second kappa shape index (κ2) is 9.95. The first-order chi connectivity index (χ1) is 18.1. The maximum absolute atomic E-state index is 14.2. The van der Waals surface area contributed by atoms with Gasteiger partial charge in [-0.2, -0.15) is 0 Å². The van der Waals surface area contributed by atoms with Gasteiger partial charge in [0.05, 0.1) is 31.1 Å². The number of benzene rings is 2. The Hall–Kier alpha value is -3.16. The van der Waals surface area contributed by atoms with E-state index in [2.05, 4.69) is 58.7 Å². The summed E-state index contributed by atoms with van der Waals surface area (Å²) in [5.74, 6) is 0.659. The van der Waals surface area contributed by atoms with Crippen LogP contribution >= 0.6 is 23.1 Å². The molecule has 5 nitrogen and oxygen atoms in total. The predicted molar refractivity (Wildman–Crippen MR) is 153 cm³/mol. The first-order valence-electron chi connectivity index (χ1n) is 12.7. The monoisotopic (exact) mass is 529 g/mol. The summed E-state index contributed by atoms with van der Waals surface area (Å²) >= 11 is 3.63. The Morgan fingerprint density at radius 1 is 1.08 bits per heavy atom. The van der Waals surface area contributed by atoms with E-state index in [1.807, 2.05) is 41.4 Å². The number of carbonyl (C=O) groups is 1. The predicted octanol–water partition coefficient (Wildman–Crippen LogP) is 7.59. The minimum Gasteiger partial charge on any atom is -0.495 e. The number of rotatable bonds is 4. The molecule has 4 aromatic rings. The zero-order chi connectivity index (χ0) is 25.5. The third-order valence-corrected chi connectivity index (χ3v) is 9.54. The average molecular weight is 530 g/mol. The van der Waals surface area contributed by atoms with Gasteiger partial charge in [0.25, 0.3) is 0 Å². The van der Waals surface area contributed by atoms with Crippen molar-refractivity contribution < 1.29 is 9.53 Å². The summed E-state index contributed by atoms with van der Waals surface area (Å²) in [6, 6.07) is 18.4. The SMILES string of the molecule is COc1ccc(C)cc1NC(=O)N1Cc2c(sc3c2CCCC3)-n2cccc2C1c1ccc(SC)cc1. The number of hydrogen-bond acceptors (Lipinski definition) is 4. The molecular formula is C30H31N3O2S2. The van der Waals surface area contributed by atoms with Gasteiger partial charge in [0.2, 0.25) is 0 Å². The number of aryl methyl sites for hydroxylation is 2. The molecule has 0 bridgehead atoms. The van der Waals surface area contributed by atoms with Crippen LogP contribution in [0.2, 0.25) is 0 Å². The van der Waals surface area contributed by atoms with Gasteiger partial charge in [-0.1, -0.05) is 18.2 Å². The van der Waals surface area contributed by atoms with Crippen LogP contribution in [0, 0.1) is 6.92 Å². The maximum Gasteiger partial charge on any atom is 0.323 e. The molecule has 2 aliphatic rings. The molecule has 7 heteroatoms. The molecule has 2 amide bonds. The van der Waals surface area contributed by atoms with E-state index in [9.17, 15) is 4.79 Å². The number of hydrogen-bond donors (Lipinski definition) is 1. The van der Waals surface area contributed by atoms with Crippen molar-refractivity contribution >= 4 is 34.8 Å². The van der Waals surface area contributed by atoms with Crippen LogP contribution in [0.5, 0.6) is 5.75 Å². The van der Waals surface area contributed by atoms with Gasteiger partial charge in [0.15, 0.2) is 0 Å². The van der Waals surface area contributed by atoms with Crippen molar-refractivity contribution in [3.63, 3.8) is 0 Å². The summed E-state index contributed by atoms with van der Waals surface area (Å²) in [5, 5.41) is 4.47. The van der Waals surface area contributed by atoms with E-state index in [4.69, 9.17) is 4.74 Å². The number of amides is 2. The van der Waals surface area contributed by atoms with Gasteiger partial charge in [-0.15, -0.1) is 23.1 Å². The Kier molecular flexibility index (Phi) is 6.51. The average Bonchev–Trinajstić information content (AvgIpc) is 3.51. The lowest BCUT2D eigenvalue weighted by molar-refractivity contribution is 0.194. The molecular weight excluding hydrogens is 498 g/mol. The molecule has 1 aliphatic heterocycles. The number of thiophene rings is 1. The Morgan fingerprint density at radius 3 is 2.68 bits per heavy atom. The van der Waals surface area contributed by atoms with E-state index < -0.39 is 0 Å². The Balaban J connectivity index is 1.49. The van der Waals surface area contributed by atoms with Gasteiger partial charge in [-0.25, -0.2) is 4.79 Å². The van der Waals surface area contributed by atoms with Crippen molar-refractivity contribution in [3.8, 4) is 10.8 Å². The standard InChI is InChI=1S/C30H31N3O2S2/c1-19-10-15-26(35-2)24(17-19)31-30(34)33-18-23-22-7-4-5-9-27(22)37-29(23)32-16-6-8-25(32)28(33)20-11-13-21(36-3)14-12-20/h6,8,10-17,28H,4-5,7,9,18H2,1-3H3,(H,31,34). The van der Waals surface area contributed by atoms with Crippen molar-refractivity contribution in [1.82, 2.24) is 9.47 Å². The minimum absolute atomic E-state index is 0.126. The van der Waals surface area contributed by atoms with Crippen LogP contribution in [0.4, 0.5) is 10.5 Å². The minimum atomic E-state index is -0.222. The second-order valence-electron chi connectivity index (χ2n) is 9.74.